The Hall–Kier alpha value is -2.36. The molecule has 0 aliphatic carbocycles. The molecule has 1 heterocycles. The number of carbonyl (C=O) groups excluding carboxylic acids is 1. The van der Waals surface area contributed by atoms with E-state index in [1.165, 1.54) is 20.9 Å². The zero-order chi connectivity index (χ0) is 24.8. The second-order valence-corrected chi connectivity index (χ2v) is 11.0. The van der Waals surface area contributed by atoms with E-state index in [9.17, 15) is 4.79 Å². The molecule has 35 heavy (non-hydrogen) atoms. The Kier molecular flexibility index (Phi) is 8.86. The quantitative estimate of drug-likeness (QED) is 0.153. The zero-order valence-corrected chi connectivity index (χ0v) is 23.7. The number of aliphatic imine (C=N–C) groups is 1. The van der Waals surface area contributed by atoms with Crippen LogP contribution in [0.25, 0.3) is 6.08 Å². The van der Waals surface area contributed by atoms with Gasteiger partial charge in [-0.05, 0) is 128 Å². The lowest BCUT2D eigenvalue weighted by molar-refractivity contribution is -0.115. The summed E-state index contributed by atoms with van der Waals surface area (Å²) in [5.74, 6) is 0.631. The molecule has 3 aromatic carbocycles. The summed E-state index contributed by atoms with van der Waals surface area (Å²) in [6.45, 7) is 6.48. The first kappa shape index (κ1) is 25.7. The van der Waals surface area contributed by atoms with Crippen LogP contribution in [0.1, 0.15) is 29.2 Å². The second-order valence-electron chi connectivity index (χ2n) is 7.90. The molecule has 0 bridgehead atoms. The number of halogens is 2. The van der Waals surface area contributed by atoms with Crippen LogP contribution in [0.3, 0.4) is 0 Å². The van der Waals surface area contributed by atoms with E-state index < -0.39 is 0 Å². The predicted octanol–water partition coefficient (Wildman–Crippen LogP) is 7.82. The molecule has 1 N–H and O–H groups in total. The summed E-state index contributed by atoms with van der Waals surface area (Å²) < 4.78 is 8.20. The van der Waals surface area contributed by atoms with Gasteiger partial charge >= 0.3 is 0 Å². The number of hydrogen-bond donors (Lipinski definition) is 1. The third-order valence-electron chi connectivity index (χ3n) is 5.33. The SMILES string of the molecule is C=CCc1cc(/C=C2\SC(=Nc3ccc(CC)cc3)NC2=O)cc(Br)c1OCc1ccc(I)cc1. The van der Waals surface area contributed by atoms with Gasteiger partial charge in [-0.1, -0.05) is 37.3 Å². The number of amidine groups is 1. The molecule has 0 spiro atoms. The van der Waals surface area contributed by atoms with Gasteiger partial charge < -0.3 is 10.1 Å². The number of allylic oxidation sites excluding steroid dienone is 1. The Labute approximate surface area is 232 Å². The van der Waals surface area contributed by atoms with Gasteiger partial charge in [0, 0.05) is 3.57 Å². The number of rotatable bonds is 8. The summed E-state index contributed by atoms with van der Waals surface area (Å²) in [5.41, 5.74) is 5.08. The van der Waals surface area contributed by atoms with Crippen LogP contribution in [0, 0.1) is 3.57 Å². The maximum absolute atomic E-state index is 12.6. The molecule has 4 rings (SSSR count). The molecule has 3 aromatic rings. The largest absolute Gasteiger partial charge is 0.487 e. The monoisotopic (exact) mass is 658 g/mol. The Morgan fingerprint density at radius 1 is 1.11 bits per heavy atom. The molecule has 1 fully saturated rings. The van der Waals surface area contributed by atoms with Crippen LogP contribution in [-0.2, 0) is 24.2 Å². The molecule has 7 heteroatoms. The van der Waals surface area contributed by atoms with Gasteiger partial charge in [-0.3, -0.25) is 4.79 Å². The third kappa shape index (κ3) is 6.86. The number of ether oxygens (including phenoxy) is 1. The lowest BCUT2D eigenvalue weighted by Crippen LogP contribution is -2.19. The highest BCUT2D eigenvalue weighted by atomic mass is 127. The van der Waals surface area contributed by atoms with Crippen molar-refractivity contribution < 1.29 is 9.53 Å². The summed E-state index contributed by atoms with van der Waals surface area (Å²) in [5, 5.41) is 3.44. The molecule has 0 unspecified atom stereocenters. The van der Waals surface area contributed by atoms with Gasteiger partial charge in [0.2, 0.25) is 0 Å². The van der Waals surface area contributed by atoms with Crippen LogP contribution in [0.15, 0.2) is 87.7 Å². The van der Waals surface area contributed by atoms with Gasteiger partial charge in [0.05, 0.1) is 15.1 Å². The van der Waals surface area contributed by atoms with Crippen molar-refractivity contribution in [2.45, 2.75) is 26.4 Å². The number of benzene rings is 3. The molecule has 0 atom stereocenters. The van der Waals surface area contributed by atoms with Crippen molar-refractivity contribution in [2.75, 3.05) is 0 Å². The number of carbonyl (C=O) groups is 1. The van der Waals surface area contributed by atoms with E-state index in [2.05, 4.69) is 98.7 Å². The van der Waals surface area contributed by atoms with Crippen molar-refractivity contribution in [2.24, 2.45) is 4.99 Å². The summed E-state index contributed by atoms with van der Waals surface area (Å²) in [6.07, 6.45) is 5.36. The highest BCUT2D eigenvalue weighted by Crippen LogP contribution is 2.35. The van der Waals surface area contributed by atoms with E-state index in [-0.39, 0.29) is 5.91 Å². The molecule has 0 aromatic heterocycles. The number of thioether (sulfide) groups is 1. The summed E-state index contributed by atoms with van der Waals surface area (Å²) in [7, 11) is 0. The van der Waals surface area contributed by atoms with Gasteiger partial charge in [0.25, 0.3) is 5.91 Å². The van der Waals surface area contributed by atoms with E-state index in [4.69, 9.17) is 4.74 Å². The van der Waals surface area contributed by atoms with E-state index >= 15 is 0 Å². The van der Waals surface area contributed by atoms with Crippen molar-refractivity contribution in [3.63, 3.8) is 0 Å². The van der Waals surface area contributed by atoms with Gasteiger partial charge in [0.1, 0.15) is 12.4 Å². The third-order valence-corrected chi connectivity index (χ3v) is 7.55. The number of nitrogens with zero attached hydrogens (tertiary/aromatic N) is 1. The first-order valence-corrected chi connectivity index (χ1v) is 13.8. The molecular weight excluding hydrogens is 635 g/mol. The summed E-state index contributed by atoms with van der Waals surface area (Å²) in [6, 6.07) is 20.3. The number of nitrogens with one attached hydrogen (secondary N) is 1. The van der Waals surface area contributed by atoms with Gasteiger partial charge in [-0.15, -0.1) is 6.58 Å². The van der Waals surface area contributed by atoms with Crippen molar-refractivity contribution in [3.05, 3.63) is 109 Å². The van der Waals surface area contributed by atoms with Gasteiger partial charge in [0.15, 0.2) is 5.17 Å². The van der Waals surface area contributed by atoms with Crippen LogP contribution in [0.5, 0.6) is 5.75 Å². The zero-order valence-electron chi connectivity index (χ0n) is 19.2. The molecule has 1 aliphatic rings. The van der Waals surface area contributed by atoms with E-state index in [0.717, 1.165) is 39.0 Å². The Balaban J connectivity index is 1.54. The second kappa shape index (κ2) is 12.1. The Bertz CT molecular complexity index is 1300. The smallest absolute Gasteiger partial charge is 0.264 e. The number of amides is 1. The van der Waals surface area contributed by atoms with Gasteiger partial charge in [-0.25, -0.2) is 4.99 Å². The minimum absolute atomic E-state index is 0.153. The molecule has 1 amide bonds. The van der Waals surface area contributed by atoms with E-state index in [1.807, 2.05) is 36.4 Å². The summed E-state index contributed by atoms with van der Waals surface area (Å²) in [4.78, 5) is 17.8. The first-order valence-electron chi connectivity index (χ1n) is 11.1. The topological polar surface area (TPSA) is 50.7 Å². The van der Waals surface area contributed by atoms with Crippen LogP contribution in [0.4, 0.5) is 5.69 Å². The van der Waals surface area contributed by atoms with Crippen LogP contribution in [-0.4, -0.2) is 11.1 Å². The highest BCUT2D eigenvalue weighted by molar-refractivity contribution is 14.1. The van der Waals surface area contributed by atoms with Crippen molar-refractivity contribution in [1.29, 1.82) is 0 Å². The van der Waals surface area contributed by atoms with E-state index in [1.54, 1.807) is 0 Å². The van der Waals surface area contributed by atoms with Gasteiger partial charge in [-0.2, -0.15) is 0 Å². The average Bonchev–Trinajstić information content (AvgIpc) is 3.18. The normalized spacial score (nSPS) is 15.5. The fraction of sp³-hybridized carbons (Fsp3) is 0.143. The predicted molar refractivity (Wildman–Crippen MR) is 158 cm³/mol. The summed E-state index contributed by atoms with van der Waals surface area (Å²) >= 11 is 7.29. The molecule has 0 saturated carbocycles. The fourth-order valence-corrected chi connectivity index (χ4v) is 5.35. The van der Waals surface area contributed by atoms with E-state index in [0.29, 0.717) is 23.1 Å². The first-order chi connectivity index (χ1) is 16.9. The maximum Gasteiger partial charge on any atom is 0.264 e. The molecular formula is C28H24BrIN2O2S. The average molecular weight is 659 g/mol. The Morgan fingerprint density at radius 3 is 2.51 bits per heavy atom. The lowest BCUT2D eigenvalue weighted by atomic mass is 10.1. The van der Waals surface area contributed by atoms with Crippen molar-refractivity contribution >= 4 is 73.1 Å². The molecule has 1 aliphatic heterocycles. The standard InChI is InChI=1S/C28H24BrIN2O2S/c1-3-5-21-14-20(15-24(29)26(21)34-17-19-6-10-22(30)11-7-19)16-25-27(33)32-28(35-25)31-23-12-8-18(4-2)9-13-23/h3,6-16H,1,4-5,17H2,2H3,(H,31,32,33)/b25-16-. The minimum atomic E-state index is -0.153. The molecule has 1 saturated heterocycles. The molecule has 0 radical (unpaired) electrons. The number of aryl methyl sites for hydroxylation is 1. The molecule has 178 valence electrons. The minimum Gasteiger partial charge on any atom is -0.487 e. The van der Waals surface area contributed by atoms with Crippen LogP contribution >= 0.6 is 50.3 Å². The van der Waals surface area contributed by atoms with Crippen LogP contribution in [0.2, 0.25) is 0 Å². The number of hydrogen-bond acceptors (Lipinski definition) is 4. The van der Waals surface area contributed by atoms with Crippen molar-refractivity contribution in [3.8, 4) is 5.75 Å². The maximum atomic E-state index is 12.6. The van der Waals surface area contributed by atoms with Crippen LogP contribution < -0.4 is 10.1 Å². The highest BCUT2D eigenvalue weighted by Gasteiger charge is 2.24. The molecule has 4 nitrogen and oxygen atoms in total. The lowest BCUT2D eigenvalue weighted by Gasteiger charge is -2.14. The fourth-order valence-electron chi connectivity index (χ4n) is 3.52. The Morgan fingerprint density at radius 2 is 1.83 bits per heavy atom. The van der Waals surface area contributed by atoms with Crippen molar-refractivity contribution in [1.82, 2.24) is 5.32 Å².